The van der Waals surface area contributed by atoms with E-state index >= 15 is 0 Å². The van der Waals surface area contributed by atoms with E-state index < -0.39 is 11.6 Å². The molecular formula is C18H10O5. The van der Waals surface area contributed by atoms with Crippen LogP contribution in [0.4, 0.5) is 0 Å². The molecule has 0 radical (unpaired) electrons. The fourth-order valence-electron chi connectivity index (χ4n) is 2.93. The number of rotatable bonds is 1. The van der Waals surface area contributed by atoms with Crippen LogP contribution in [0.25, 0.3) is 22.1 Å². The minimum atomic E-state index is -0.589. The highest BCUT2D eigenvalue weighted by Crippen LogP contribution is 2.39. The van der Waals surface area contributed by atoms with Gasteiger partial charge in [0.1, 0.15) is 0 Å². The van der Waals surface area contributed by atoms with Gasteiger partial charge in [-0.2, -0.15) is 0 Å². The zero-order valence-corrected chi connectivity index (χ0v) is 12.1. The zero-order valence-electron chi connectivity index (χ0n) is 12.1. The van der Waals surface area contributed by atoms with Gasteiger partial charge in [-0.05, 0) is 12.1 Å². The Hall–Kier alpha value is -3.21. The van der Waals surface area contributed by atoms with E-state index in [-0.39, 0.29) is 22.5 Å². The highest BCUT2D eigenvalue weighted by atomic mass is 16.5. The highest BCUT2D eigenvalue weighted by molar-refractivity contribution is 6.26. The maximum absolute atomic E-state index is 12.6. The average Bonchev–Trinajstić information content (AvgIpc) is 2.87. The number of ether oxygens (including phenoxy) is 1. The summed E-state index contributed by atoms with van der Waals surface area (Å²) in [5, 5.41) is 0.665. The van der Waals surface area contributed by atoms with Crippen LogP contribution in [0.3, 0.4) is 0 Å². The molecule has 0 fully saturated rings. The average molecular weight is 306 g/mol. The fraction of sp³-hybridized carbons (Fsp3) is 0.0556. The van der Waals surface area contributed by atoms with Crippen LogP contribution >= 0.6 is 0 Å². The van der Waals surface area contributed by atoms with Crippen molar-refractivity contribution in [2.24, 2.45) is 0 Å². The molecule has 0 amide bonds. The van der Waals surface area contributed by atoms with Crippen molar-refractivity contribution in [3.8, 4) is 11.3 Å². The number of fused-ring (bicyclic) bond motifs is 5. The Kier molecular flexibility index (Phi) is 2.72. The molecular weight excluding hydrogens is 296 g/mol. The SMILES string of the molecule is COC(=O)c1ccc2c3c(oc(=O)c2c1)-c1ccccc1C3=O. The van der Waals surface area contributed by atoms with Gasteiger partial charge < -0.3 is 9.15 Å². The Labute approximate surface area is 130 Å². The Morgan fingerprint density at radius 1 is 1.00 bits per heavy atom. The highest BCUT2D eigenvalue weighted by Gasteiger charge is 2.31. The minimum Gasteiger partial charge on any atom is -0.465 e. The van der Waals surface area contributed by atoms with E-state index in [1.165, 1.54) is 19.2 Å². The maximum Gasteiger partial charge on any atom is 0.344 e. The number of esters is 1. The summed E-state index contributed by atoms with van der Waals surface area (Å²) in [5.74, 6) is -0.453. The maximum atomic E-state index is 12.6. The number of hydrogen-bond acceptors (Lipinski definition) is 5. The van der Waals surface area contributed by atoms with Crippen LogP contribution in [0, 0.1) is 0 Å². The Bertz CT molecular complexity index is 1060. The van der Waals surface area contributed by atoms with Crippen molar-refractivity contribution in [3.63, 3.8) is 0 Å². The van der Waals surface area contributed by atoms with E-state index in [2.05, 4.69) is 4.74 Å². The van der Waals surface area contributed by atoms with Gasteiger partial charge in [-0.1, -0.05) is 30.3 Å². The Morgan fingerprint density at radius 3 is 2.48 bits per heavy atom. The lowest BCUT2D eigenvalue weighted by Gasteiger charge is -2.05. The van der Waals surface area contributed by atoms with Gasteiger partial charge in [-0.25, -0.2) is 9.59 Å². The molecule has 1 aromatic heterocycles. The summed E-state index contributed by atoms with van der Waals surface area (Å²) in [5.41, 5.74) is 1.13. The summed E-state index contributed by atoms with van der Waals surface area (Å²) < 4.78 is 10.0. The summed E-state index contributed by atoms with van der Waals surface area (Å²) in [6, 6.07) is 11.5. The number of methoxy groups -OCH3 is 1. The van der Waals surface area contributed by atoms with Gasteiger partial charge in [-0.3, -0.25) is 4.79 Å². The van der Waals surface area contributed by atoms with Gasteiger partial charge in [0, 0.05) is 16.5 Å². The Balaban J connectivity index is 2.08. The van der Waals surface area contributed by atoms with Crippen LogP contribution in [-0.4, -0.2) is 18.9 Å². The number of carbonyl (C=O) groups is 2. The van der Waals surface area contributed by atoms with E-state index in [0.717, 1.165) is 0 Å². The molecule has 5 heteroatoms. The van der Waals surface area contributed by atoms with Crippen LogP contribution in [0.2, 0.25) is 0 Å². The second kappa shape index (κ2) is 4.64. The first-order chi connectivity index (χ1) is 11.1. The zero-order chi connectivity index (χ0) is 16.1. The molecule has 0 spiro atoms. The first-order valence-electron chi connectivity index (χ1n) is 6.95. The molecule has 0 bridgehead atoms. The van der Waals surface area contributed by atoms with Gasteiger partial charge in [0.25, 0.3) is 0 Å². The first kappa shape index (κ1) is 13.5. The van der Waals surface area contributed by atoms with Crippen molar-refractivity contribution in [2.45, 2.75) is 0 Å². The Morgan fingerprint density at radius 2 is 1.74 bits per heavy atom. The van der Waals surface area contributed by atoms with Crippen LogP contribution < -0.4 is 5.63 Å². The van der Waals surface area contributed by atoms with Crippen LogP contribution in [0.5, 0.6) is 0 Å². The molecule has 0 atom stereocenters. The summed E-state index contributed by atoms with van der Waals surface area (Å²) in [6.07, 6.45) is 0. The molecule has 1 heterocycles. The van der Waals surface area contributed by atoms with Gasteiger partial charge in [0.05, 0.1) is 23.6 Å². The number of ketones is 1. The molecule has 1 aliphatic rings. The predicted molar refractivity (Wildman–Crippen MR) is 82.7 cm³/mol. The molecule has 0 N–H and O–H groups in total. The van der Waals surface area contributed by atoms with Gasteiger partial charge >= 0.3 is 11.6 Å². The lowest BCUT2D eigenvalue weighted by molar-refractivity contribution is 0.0601. The van der Waals surface area contributed by atoms with E-state index in [0.29, 0.717) is 22.1 Å². The molecule has 3 aromatic rings. The molecule has 23 heavy (non-hydrogen) atoms. The van der Waals surface area contributed by atoms with Crippen molar-refractivity contribution < 1.29 is 18.7 Å². The first-order valence-corrected chi connectivity index (χ1v) is 6.95. The largest absolute Gasteiger partial charge is 0.465 e. The molecule has 0 aliphatic heterocycles. The normalized spacial score (nSPS) is 12.1. The summed E-state index contributed by atoms with van der Waals surface area (Å²) >= 11 is 0. The van der Waals surface area contributed by atoms with Crippen LogP contribution in [-0.2, 0) is 4.74 Å². The second-order valence-corrected chi connectivity index (χ2v) is 5.22. The third-order valence-electron chi connectivity index (χ3n) is 4.00. The van der Waals surface area contributed by atoms with E-state index in [9.17, 15) is 14.4 Å². The number of carbonyl (C=O) groups excluding carboxylic acids is 2. The van der Waals surface area contributed by atoms with Gasteiger partial charge in [-0.15, -0.1) is 0 Å². The summed E-state index contributed by atoms with van der Waals surface area (Å²) in [4.78, 5) is 36.5. The topological polar surface area (TPSA) is 73.6 Å². The molecule has 0 unspecified atom stereocenters. The molecule has 4 rings (SSSR count). The quantitative estimate of drug-likeness (QED) is 0.506. The summed E-state index contributed by atoms with van der Waals surface area (Å²) in [6.45, 7) is 0. The second-order valence-electron chi connectivity index (χ2n) is 5.22. The minimum absolute atomic E-state index is 0.185. The van der Waals surface area contributed by atoms with Crippen molar-refractivity contribution >= 4 is 22.5 Å². The number of benzene rings is 2. The van der Waals surface area contributed by atoms with Crippen molar-refractivity contribution in [1.82, 2.24) is 0 Å². The van der Waals surface area contributed by atoms with Crippen molar-refractivity contribution in [1.29, 1.82) is 0 Å². The van der Waals surface area contributed by atoms with Crippen molar-refractivity contribution in [3.05, 3.63) is 69.6 Å². The van der Waals surface area contributed by atoms with E-state index in [4.69, 9.17) is 4.42 Å². The fourth-order valence-corrected chi connectivity index (χ4v) is 2.93. The third kappa shape index (κ3) is 1.76. The summed E-state index contributed by atoms with van der Waals surface area (Å²) in [7, 11) is 1.26. The standard InChI is InChI=1S/C18H10O5/c1-22-17(20)9-6-7-10-13(8-9)18(21)23-16-12-5-3-2-4-11(12)15(19)14(10)16/h2-8H,1H3. The predicted octanol–water partition coefficient (Wildman–Crippen LogP) is 2.79. The lowest BCUT2D eigenvalue weighted by atomic mass is 10.0. The third-order valence-corrected chi connectivity index (χ3v) is 4.00. The van der Waals surface area contributed by atoms with Crippen molar-refractivity contribution in [2.75, 3.05) is 7.11 Å². The molecule has 112 valence electrons. The van der Waals surface area contributed by atoms with E-state index in [1.54, 1.807) is 30.3 Å². The van der Waals surface area contributed by atoms with E-state index in [1.807, 2.05) is 0 Å². The van der Waals surface area contributed by atoms with Crippen LogP contribution in [0.15, 0.2) is 51.7 Å². The monoisotopic (exact) mass is 306 g/mol. The molecule has 0 saturated heterocycles. The van der Waals surface area contributed by atoms with Crippen LogP contribution in [0.1, 0.15) is 26.3 Å². The molecule has 5 nitrogen and oxygen atoms in total. The molecule has 2 aromatic carbocycles. The van der Waals surface area contributed by atoms with Gasteiger partial charge in [0.15, 0.2) is 11.5 Å². The van der Waals surface area contributed by atoms with Gasteiger partial charge in [0.2, 0.25) is 0 Å². The molecule has 1 aliphatic carbocycles. The lowest BCUT2D eigenvalue weighted by Crippen LogP contribution is -2.07. The number of hydrogen-bond donors (Lipinski definition) is 0. The smallest absolute Gasteiger partial charge is 0.344 e. The molecule has 0 saturated carbocycles.